The van der Waals surface area contributed by atoms with E-state index in [4.69, 9.17) is 9.97 Å². The summed E-state index contributed by atoms with van der Waals surface area (Å²) in [5, 5.41) is 0. The van der Waals surface area contributed by atoms with Crippen LogP contribution in [0.25, 0.3) is 0 Å². The molecule has 0 bridgehead atoms. The van der Waals surface area contributed by atoms with E-state index in [0.29, 0.717) is 0 Å². The van der Waals surface area contributed by atoms with Crippen LogP contribution in [0.3, 0.4) is 0 Å². The van der Waals surface area contributed by atoms with Crippen molar-refractivity contribution in [1.29, 1.82) is 0 Å². The smallest absolute Gasteiger partial charge is 0.246 e. The van der Waals surface area contributed by atoms with Crippen molar-refractivity contribution >= 4 is 28.4 Å². The van der Waals surface area contributed by atoms with Gasteiger partial charge in [-0.15, -0.1) is 0 Å². The fourth-order valence-electron chi connectivity index (χ4n) is 3.92. The second-order valence-corrected chi connectivity index (χ2v) is 15.6. The molecule has 0 aromatic carbocycles. The van der Waals surface area contributed by atoms with Gasteiger partial charge in [0.15, 0.2) is 0 Å². The lowest BCUT2D eigenvalue weighted by Gasteiger charge is -2.68. The molecule has 0 atom stereocenters. The van der Waals surface area contributed by atoms with Gasteiger partial charge in [0.2, 0.25) is 16.8 Å². The first-order valence-electron chi connectivity index (χ1n) is 7.72. The highest BCUT2D eigenvalue weighted by Crippen LogP contribution is 2.44. The molecule has 0 unspecified atom stereocenters. The summed E-state index contributed by atoms with van der Waals surface area (Å²) in [6.45, 7) is 13.7. The Kier molecular flexibility index (Phi) is 3.41. The largest absolute Gasteiger partial charge is 0.377 e. The number of aryl methyl sites for hydroxylation is 2. The van der Waals surface area contributed by atoms with Gasteiger partial charge >= 0.3 is 0 Å². The average molecular weight is 329 g/mol. The monoisotopic (exact) mass is 328 g/mol. The van der Waals surface area contributed by atoms with E-state index in [-0.39, 0.29) is 0 Å². The Balaban J connectivity index is 2.03. The molecule has 6 heteroatoms. The van der Waals surface area contributed by atoms with Crippen LogP contribution in [0.5, 0.6) is 0 Å². The predicted octanol–water partition coefficient (Wildman–Crippen LogP) is 3.82. The van der Waals surface area contributed by atoms with Crippen molar-refractivity contribution < 1.29 is 0 Å². The van der Waals surface area contributed by atoms with Gasteiger partial charge in [-0.25, -0.2) is 9.97 Å². The molecule has 3 rings (SSSR count). The van der Waals surface area contributed by atoms with E-state index in [2.05, 4.69) is 84.9 Å². The van der Waals surface area contributed by atoms with Gasteiger partial charge in [-0.1, -0.05) is 12.1 Å². The Morgan fingerprint density at radius 1 is 0.682 bits per heavy atom. The maximum atomic E-state index is 4.78. The van der Waals surface area contributed by atoms with Crippen LogP contribution in [0.2, 0.25) is 26.2 Å². The van der Waals surface area contributed by atoms with Crippen molar-refractivity contribution in [3.8, 4) is 0 Å². The first-order chi connectivity index (χ1) is 10.2. The molecule has 0 spiro atoms. The van der Waals surface area contributed by atoms with Crippen LogP contribution in [-0.2, 0) is 0 Å². The number of hydrogen-bond donors (Lipinski definition) is 0. The molecule has 0 aliphatic carbocycles. The second-order valence-electron chi connectivity index (χ2n) is 6.93. The van der Waals surface area contributed by atoms with Gasteiger partial charge in [-0.05, 0) is 64.3 Å². The number of aromatic nitrogens is 2. The molecule has 0 N–H and O–H groups in total. The Morgan fingerprint density at radius 3 is 1.36 bits per heavy atom. The Morgan fingerprint density at radius 2 is 1.05 bits per heavy atom. The summed E-state index contributed by atoms with van der Waals surface area (Å²) < 4.78 is 5.27. The second kappa shape index (κ2) is 4.92. The highest BCUT2D eigenvalue weighted by atomic mass is 28.5. The first kappa shape index (κ1) is 15.2. The summed E-state index contributed by atoms with van der Waals surface area (Å²) in [4.78, 5) is 9.56. The topological polar surface area (TPSA) is 32.3 Å². The number of pyridine rings is 2. The van der Waals surface area contributed by atoms with Gasteiger partial charge in [-0.3, -0.25) is 0 Å². The Hall–Kier alpha value is -1.67. The van der Waals surface area contributed by atoms with E-state index in [1.54, 1.807) is 0 Å². The Bertz CT molecular complexity index is 641. The fourth-order valence-corrected chi connectivity index (χ4v) is 18.3. The quantitative estimate of drug-likeness (QED) is 0.784. The molecule has 2 aromatic heterocycles. The minimum absolute atomic E-state index is 1.08. The molecule has 0 saturated carbocycles. The van der Waals surface area contributed by atoms with Gasteiger partial charge in [0.05, 0.1) is 0 Å². The van der Waals surface area contributed by atoms with Crippen molar-refractivity contribution in [2.45, 2.75) is 40.0 Å². The zero-order valence-electron chi connectivity index (χ0n) is 14.3. The van der Waals surface area contributed by atoms with E-state index < -0.39 is 16.8 Å². The minimum atomic E-state index is -1.77. The molecule has 2 aromatic rings. The van der Waals surface area contributed by atoms with E-state index in [0.717, 1.165) is 23.0 Å². The zero-order valence-corrected chi connectivity index (χ0v) is 16.3. The molecule has 0 amide bonds. The summed E-state index contributed by atoms with van der Waals surface area (Å²) in [6, 6.07) is 12.6. The SMILES string of the molecule is Cc1cccc(N2[Si](C)(C)N(c3cccc(C)n3)[Si]2(C)C)n1. The van der Waals surface area contributed by atoms with Gasteiger partial charge in [0.25, 0.3) is 0 Å². The maximum Gasteiger partial charge on any atom is 0.246 e. The lowest BCUT2D eigenvalue weighted by molar-refractivity contribution is 1.06. The number of rotatable bonds is 2. The van der Waals surface area contributed by atoms with Crippen LogP contribution in [0.15, 0.2) is 36.4 Å². The summed E-state index contributed by atoms with van der Waals surface area (Å²) >= 11 is 0. The van der Waals surface area contributed by atoms with Crippen LogP contribution >= 0.6 is 0 Å². The van der Waals surface area contributed by atoms with Crippen molar-refractivity contribution in [1.82, 2.24) is 9.97 Å². The Labute approximate surface area is 135 Å². The average Bonchev–Trinajstić information content (AvgIpc) is 2.36. The molecule has 0 radical (unpaired) electrons. The molecule has 1 aliphatic heterocycles. The molecule has 4 nitrogen and oxygen atoms in total. The van der Waals surface area contributed by atoms with Crippen LogP contribution in [0.4, 0.5) is 11.6 Å². The molecule has 22 heavy (non-hydrogen) atoms. The zero-order chi connectivity index (χ0) is 16.1. The van der Waals surface area contributed by atoms with E-state index in [1.165, 1.54) is 0 Å². The van der Waals surface area contributed by atoms with Crippen molar-refractivity contribution in [2.24, 2.45) is 0 Å². The molecule has 3 heterocycles. The summed E-state index contributed by atoms with van der Waals surface area (Å²) in [5.41, 5.74) is 2.17. The number of anilines is 2. The molecule has 1 fully saturated rings. The van der Waals surface area contributed by atoms with Crippen LogP contribution in [0.1, 0.15) is 11.4 Å². The highest BCUT2D eigenvalue weighted by Gasteiger charge is 2.62. The highest BCUT2D eigenvalue weighted by molar-refractivity contribution is 7.20. The van der Waals surface area contributed by atoms with E-state index >= 15 is 0 Å². The summed E-state index contributed by atoms with van der Waals surface area (Å²) in [6.07, 6.45) is 0. The molecule has 1 aliphatic rings. The summed E-state index contributed by atoms with van der Waals surface area (Å²) in [5.74, 6) is 2.27. The fraction of sp³-hybridized carbons (Fsp3) is 0.375. The van der Waals surface area contributed by atoms with Crippen molar-refractivity contribution in [3.05, 3.63) is 47.8 Å². The van der Waals surface area contributed by atoms with E-state index in [1.807, 2.05) is 0 Å². The van der Waals surface area contributed by atoms with Crippen molar-refractivity contribution in [2.75, 3.05) is 8.46 Å². The standard InChI is InChI=1S/C16H24N4Si2/c1-13-9-7-11-15(17-13)19-21(3,4)20(22(19,5)6)16-12-8-10-14(2)18-16/h7-12H,1-6H3. The molecule has 1 saturated heterocycles. The lowest BCUT2D eigenvalue weighted by Crippen LogP contribution is -2.91. The number of nitrogens with zero attached hydrogens (tertiary/aromatic N) is 4. The normalized spacial score (nSPS) is 19.0. The third kappa shape index (κ3) is 2.17. The number of hydrogen-bond acceptors (Lipinski definition) is 4. The minimum Gasteiger partial charge on any atom is -0.377 e. The third-order valence-corrected chi connectivity index (χ3v) is 16.3. The molecular weight excluding hydrogens is 304 g/mol. The molecular formula is C16H24N4Si2. The van der Waals surface area contributed by atoms with Gasteiger partial charge < -0.3 is 8.46 Å². The van der Waals surface area contributed by atoms with Gasteiger partial charge in [0.1, 0.15) is 11.6 Å². The maximum absolute atomic E-state index is 4.78. The van der Waals surface area contributed by atoms with Crippen LogP contribution in [0, 0.1) is 13.8 Å². The summed E-state index contributed by atoms with van der Waals surface area (Å²) in [7, 11) is -3.54. The lowest BCUT2D eigenvalue weighted by atomic mass is 10.4. The first-order valence-corrected chi connectivity index (χ1v) is 13.5. The van der Waals surface area contributed by atoms with Gasteiger partial charge in [0, 0.05) is 11.4 Å². The predicted molar refractivity (Wildman–Crippen MR) is 97.9 cm³/mol. The third-order valence-electron chi connectivity index (χ3n) is 4.39. The van der Waals surface area contributed by atoms with Crippen molar-refractivity contribution in [3.63, 3.8) is 0 Å². The van der Waals surface area contributed by atoms with Gasteiger partial charge in [-0.2, -0.15) is 0 Å². The van der Waals surface area contributed by atoms with E-state index in [9.17, 15) is 0 Å². The molecule has 116 valence electrons. The van der Waals surface area contributed by atoms with Crippen LogP contribution in [-0.4, -0.2) is 26.8 Å². The van der Waals surface area contributed by atoms with Crippen LogP contribution < -0.4 is 8.46 Å².